The monoisotopic (exact) mass is 414 g/mol. The first-order chi connectivity index (χ1) is 14.6. The van der Waals surface area contributed by atoms with Crippen molar-refractivity contribution in [1.29, 1.82) is 0 Å². The van der Waals surface area contributed by atoms with Crippen molar-refractivity contribution in [2.45, 2.75) is 136 Å². The molecule has 1 heteroatoms. The van der Waals surface area contributed by atoms with Crippen LogP contribution in [0.25, 0.3) is 5.57 Å². The minimum atomic E-state index is 0.275. The van der Waals surface area contributed by atoms with Crippen molar-refractivity contribution in [2.75, 3.05) is 0 Å². The summed E-state index contributed by atoms with van der Waals surface area (Å²) < 4.78 is 6.17. The molecule has 0 saturated heterocycles. The van der Waals surface area contributed by atoms with Gasteiger partial charge in [0.2, 0.25) is 0 Å². The van der Waals surface area contributed by atoms with Crippen LogP contribution < -0.4 is 4.74 Å². The summed E-state index contributed by atoms with van der Waals surface area (Å²) in [5.74, 6) is 0.981. The van der Waals surface area contributed by atoms with Gasteiger partial charge in [-0.3, -0.25) is 0 Å². The second-order valence-corrected chi connectivity index (χ2v) is 9.30. The highest BCUT2D eigenvalue weighted by Crippen LogP contribution is 2.26. The first-order valence-corrected chi connectivity index (χ1v) is 13.1. The number of hydrogen-bond donors (Lipinski definition) is 0. The normalized spacial score (nSPS) is 12.1. The van der Waals surface area contributed by atoms with E-state index >= 15 is 0 Å². The Balaban J connectivity index is 1.89. The van der Waals surface area contributed by atoms with Gasteiger partial charge in [0.1, 0.15) is 5.75 Å². The number of allylic oxidation sites excluding steroid dienone is 1. The lowest BCUT2D eigenvalue weighted by molar-refractivity contribution is 0.205. The smallest absolute Gasteiger partial charge is 0.127 e. The molecule has 1 aromatic rings. The molecular formula is C29H50O. The van der Waals surface area contributed by atoms with Crippen molar-refractivity contribution in [3.8, 4) is 5.75 Å². The summed E-state index contributed by atoms with van der Waals surface area (Å²) in [6.45, 7) is 10.6. The second kappa shape index (κ2) is 18.5. The first kappa shape index (κ1) is 26.8. The van der Waals surface area contributed by atoms with E-state index in [9.17, 15) is 0 Å². The summed E-state index contributed by atoms with van der Waals surface area (Å²) >= 11 is 0. The third-order valence-corrected chi connectivity index (χ3v) is 6.14. The van der Waals surface area contributed by atoms with E-state index < -0.39 is 0 Å². The molecule has 0 aliphatic carbocycles. The Morgan fingerprint density at radius 2 is 1.17 bits per heavy atom. The topological polar surface area (TPSA) is 9.23 Å². The standard InChI is InChI=1S/C29H50O/c1-5-6-7-8-9-10-11-12-13-14-15-16-17-18-19-20-23-27(4)30-29-25-22-21-24-28(29)26(2)3/h21-22,24-25,27H,2,5-20,23H2,1,3-4H3. The lowest BCUT2D eigenvalue weighted by Gasteiger charge is -2.17. The molecule has 0 aliphatic rings. The third-order valence-electron chi connectivity index (χ3n) is 6.14. The van der Waals surface area contributed by atoms with E-state index in [1.807, 2.05) is 13.0 Å². The molecule has 0 bridgehead atoms. The van der Waals surface area contributed by atoms with E-state index in [-0.39, 0.29) is 6.10 Å². The van der Waals surface area contributed by atoms with Gasteiger partial charge in [0, 0.05) is 5.56 Å². The maximum absolute atomic E-state index is 6.17. The predicted octanol–water partition coefficient (Wildman–Crippen LogP) is 10.1. The molecule has 30 heavy (non-hydrogen) atoms. The molecular weight excluding hydrogens is 364 g/mol. The Bertz CT molecular complexity index is 533. The van der Waals surface area contributed by atoms with Crippen molar-refractivity contribution in [3.05, 3.63) is 36.4 Å². The molecule has 0 saturated carbocycles. The third kappa shape index (κ3) is 13.9. The highest BCUT2D eigenvalue weighted by Gasteiger charge is 2.08. The van der Waals surface area contributed by atoms with Crippen LogP contribution in [0.5, 0.6) is 5.75 Å². The van der Waals surface area contributed by atoms with Gasteiger partial charge < -0.3 is 4.74 Å². The fraction of sp³-hybridized carbons (Fsp3) is 0.724. The minimum absolute atomic E-state index is 0.275. The zero-order chi connectivity index (χ0) is 21.9. The van der Waals surface area contributed by atoms with Crippen LogP contribution in [0.2, 0.25) is 0 Å². The lowest BCUT2D eigenvalue weighted by atomic mass is 10.0. The fourth-order valence-corrected chi connectivity index (χ4v) is 4.18. The zero-order valence-corrected chi connectivity index (χ0v) is 20.5. The van der Waals surface area contributed by atoms with Gasteiger partial charge in [-0.05, 0) is 38.3 Å². The molecule has 1 unspecified atom stereocenters. The molecule has 0 radical (unpaired) electrons. The van der Waals surface area contributed by atoms with Crippen molar-refractivity contribution in [2.24, 2.45) is 0 Å². The van der Waals surface area contributed by atoms with Crippen LogP contribution in [0.15, 0.2) is 30.8 Å². The Morgan fingerprint density at radius 1 is 0.733 bits per heavy atom. The van der Waals surface area contributed by atoms with Gasteiger partial charge in [0.15, 0.2) is 0 Å². The molecule has 0 heterocycles. The van der Waals surface area contributed by atoms with Crippen LogP contribution in [0.1, 0.15) is 135 Å². The summed E-state index contributed by atoms with van der Waals surface area (Å²) in [6.07, 6.45) is 24.1. The molecule has 172 valence electrons. The van der Waals surface area contributed by atoms with Crippen LogP contribution in [0.3, 0.4) is 0 Å². The summed E-state index contributed by atoms with van der Waals surface area (Å²) in [6, 6.07) is 8.26. The number of benzene rings is 1. The largest absolute Gasteiger partial charge is 0.490 e. The van der Waals surface area contributed by atoms with Crippen LogP contribution in [-0.2, 0) is 0 Å². The van der Waals surface area contributed by atoms with Gasteiger partial charge in [-0.15, -0.1) is 0 Å². The maximum atomic E-state index is 6.17. The van der Waals surface area contributed by atoms with Crippen LogP contribution >= 0.6 is 0 Å². The van der Waals surface area contributed by atoms with Crippen LogP contribution in [0.4, 0.5) is 0 Å². The molecule has 0 aromatic heterocycles. The SMILES string of the molecule is C=C(C)c1ccccc1OC(C)CCCCCCCCCCCCCCCCCC. The van der Waals surface area contributed by atoms with E-state index in [2.05, 4.69) is 38.6 Å². The average molecular weight is 415 g/mol. The summed E-state index contributed by atoms with van der Waals surface area (Å²) in [5.41, 5.74) is 2.21. The van der Waals surface area contributed by atoms with E-state index in [0.29, 0.717) is 0 Å². The van der Waals surface area contributed by atoms with E-state index in [1.165, 1.54) is 103 Å². The minimum Gasteiger partial charge on any atom is -0.490 e. The molecule has 1 aromatic carbocycles. The quantitative estimate of drug-likeness (QED) is 0.193. The number of ether oxygens (including phenoxy) is 1. The van der Waals surface area contributed by atoms with Gasteiger partial charge in [-0.25, -0.2) is 0 Å². The van der Waals surface area contributed by atoms with Crippen molar-refractivity contribution >= 4 is 5.57 Å². The Hall–Kier alpha value is -1.24. The van der Waals surface area contributed by atoms with Gasteiger partial charge in [-0.2, -0.15) is 0 Å². The maximum Gasteiger partial charge on any atom is 0.127 e. The Morgan fingerprint density at radius 3 is 1.63 bits per heavy atom. The summed E-state index contributed by atoms with van der Waals surface area (Å²) in [4.78, 5) is 0. The van der Waals surface area contributed by atoms with Gasteiger partial charge in [-0.1, -0.05) is 128 Å². The molecule has 1 rings (SSSR count). The second-order valence-electron chi connectivity index (χ2n) is 9.30. The number of rotatable bonds is 20. The van der Waals surface area contributed by atoms with Gasteiger partial charge in [0.05, 0.1) is 6.10 Å². The van der Waals surface area contributed by atoms with Gasteiger partial charge in [0.25, 0.3) is 0 Å². The van der Waals surface area contributed by atoms with Crippen molar-refractivity contribution < 1.29 is 4.74 Å². The average Bonchev–Trinajstić information content (AvgIpc) is 2.73. The number of hydrogen-bond acceptors (Lipinski definition) is 1. The molecule has 0 N–H and O–H groups in total. The van der Waals surface area contributed by atoms with Crippen molar-refractivity contribution in [1.82, 2.24) is 0 Å². The molecule has 1 atom stereocenters. The predicted molar refractivity (Wildman–Crippen MR) is 135 cm³/mol. The molecule has 0 amide bonds. The number of unbranched alkanes of at least 4 members (excludes halogenated alkanes) is 15. The highest BCUT2D eigenvalue weighted by atomic mass is 16.5. The first-order valence-electron chi connectivity index (χ1n) is 13.1. The van der Waals surface area contributed by atoms with Crippen molar-refractivity contribution in [3.63, 3.8) is 0 Å². The molecule has 0 aliphatic heterocycles. The van der Waals surface area contributed by atoms with E-state index in [0.717, 1.165) is 23.3 Å². The lowest BCUT2D eigenvalue weighted by Crippen LogP contribution is -2.12. The fourth-order valence-electron chi connectivity index (χ4n) is 4.18. The summed E-state index contributed by atoms with van der Waals surface area (Å²) in [5, 5.41) is 0. The van der Waals surface area contributed by atoms with Gasteiger partial charge >= 0.3 is 0 Å². The molecule has 1 nitrogen and oxygen atoms in total. The zero-order valence-electron chi connectivity index (χ0n) is 20.5. The number of para-hydroxylation sites is 1. The molecule has 0 fully saturated rings. The Labute approximate surface area is 188 Å². The Kier molecular flexibility index (Phi) is 16.5. The highest BCUT2D eigenvalue weighted by molar-refractivity contribution is 5.66. The van der Waals surface area contributed by atoms with E-state index in [1.54, 1.807) is 0 Å². The van der Waals surface area contributed by atoms with E-state index in [4.69, 9.17) is 4.74 Å². The van der Waals surface area contributed by atoms with Crippen LogP contribution in [0, 0.1) is 0 Å². The molecule has 0 spiro atoms. The summed E-state index contributed by atoms with van der Waals surface area (Å²) in [7, 11) is 0. The van der Waals surface area contributed by atoms with Crippen LogP contribution in [-0.4, -0.2) is 6.10 Å².